The summed E-state index contributed by atoms with van der Waals surface area (Å²) in [6.45, 7) is 7.42. The molecule has 0 saturated carbocycles. The van der Waals surface area contributed by atoms with E-state index in [4.69, 9.17) is 4.74 Å². The first-order valence-electron chi connectivity index (χ1n) is 10.1. The van der Waals surface area contributed by atoms with E-state index in [1.54, 1.807) is 47.5 Å². The Balaban J connectivity index is 1.63. The molecule has 1 saturated heterocycles. The molecule has 3 amide bonds. The summed E-state index contributed by atoms with van der Waals surface area (Å²) in [7, 11) is 0. The molecule has 1 N–H and O–H groups in total. The van der Waals surface area contributed by atoms with E-state index in [0.29, 0.717) is 49.7 Å². The van der Waals surface area contributed by atoms with Crippen molar-refractivity contribution in [2.24, 2.45) is 0 Å². The average molecular weight is 539 g/mol. The van der Waals surface area contributed by atoms with E-state index >= 15 is 0 Å². The molecule has 1 aliphatic rings. The van der Waals surface area contributed by atoms with Crippen LogP contribution in [-0.2, 0) is 9.53 Å². The van der Waals surface area contributed by atoms with Crippen LogP contribution in [0, 0.1) is 10.5 Å². The van der Waals surface area contributed by atoms with Crippen molar-refractivity contribution in [1.82, 2.24) is 19.6 Å². The Bertz CT molecular complexity index is 968. The molecule has 1 atom stereocenters. The molecule has 9 nitrogen and oxygen atoms in total. The number of nitrogens with zero attached hydrogens (tertiary/aromatic N) is 4. The SMILES string of the molecule is CCOC(=O)N1CCN(C(=O)C(C)n2cc(NC(=O)c3ccccc3I)c(C)n2)CC1. The number of aromatic nitrogens is 2. The fourth-order valence-electron chi connectivity index (χ4n) is 3.34. The lowest BCUT2D eigenvalue weighted by molar-refractivity contribution is -0.136. The van der Waals surface area contributed by atoms with Crippen LogP contribution in [0.25, 0.3) is 0 Å². The third-order valence-corrected chi connectivity index (χ3v) is 6.10. The number of nitrogens with one attached hydrogen (secondary N) is 1. The van der Waals surface area contributed by atoms with Gasteiger partial charge in [-0.1, -0.05) is 12.1 Å². The summed E-state index contributed by atoms with van der Waals surface area (Å²) in [6.07, 6.45) is 1.33. The predicted octanol–water partition coefficient (Wildman–Crippen LogP) is 2.91. The Hall–Kier alpha value is -2.63. The zero-order valence-electron chi connectivity index (χ0n) is 17.8. The molecular weight excluding hydrogens is 513 g/mol. The molecule has 1 unspecified atom stereocenters. The maximum Gasteiger partial charge on any atom is 0.409 e. The van der Waals surface area contributed by atoms with E-state index < -0.39 is 6.04 Å². The fourth-order valence-corrected chi connectivity index (χ4v) is 3.97. The van der Waals surface area contributed by atoms with Crippen molar-refractivity contribution < 1.29 is 19.1 Å². The van der Waals surface area contributed by atoms with Crippen LogP contribution in [0.2, 0.25) is 0 Å². The minimum atomic E-state index is -0.532. The molecule has 0 aliphatic carbocycles. The highest BCUT2D eigenvalue weighted by atomic mass is 127. The molecule has 0 radical (unpaired) electrons. The molecule has 10 heteroatoms. The van der Waals surface area contributed by atoms with Crippen LogP contribution in [0.5, 0.6) is 0 Å². The van der Waals surface area contributed by atoms with Crippen molar-refractivity contribution in [3.63, 3.8) is 0 Å². The second kappa shape index (κ2) is 10.1. The number of hydrogen-bond donors (Lipinski definition) is 1. The van der Waals surface area contributed by atoms with Gasteiger partial charge in [0.2, 0.25) is 5.91 Å². The number of rotatable bonds is 5. The van der Waals surface area contributed by atoms with E-state index in [2.05, 4.69) is 33.0 Å². The van der Waals surface area contributed by atoms with Gasteiger partial charge >= 0.3 is 6.09 Å². The molecule has 1 fully saturated rings. The number of benzene rings is 1. The van der Waals surface area contributed by atoms with Gasteiger partial charge in [-0.2, -0.15) is 5.10 Å². The number of hydrogen-bond acceptors (Lipinski definition) is 5. The normalized spacial score (nSPS) is 14.8. The zero-order chi connectivity index (χ0) is 22.5. The molecule has 2 aromatic rings. The van der Waals surface area contributed by atoms with Crippen LogP contribution in [0.3, 0.4) is 0 Å². The number of piperazine rings is 1. The Morgan fingerprint density at radius 3 is 2.45 bits per heavy atom. The van der Waals surface area contributed by atoms with Gasteiger partial charge in [-0.05, 0) is 55.5 Å². The second-order valence-corrected chi connectivity index (χ2v) is 8.39. The van der Waals surface area contributed by atoms with Crippen LogP contribution >= 0.6 is 22.6 Å². The molecule has 2 heterocycles. The first-order chi connectivity index (χ1) is 14.8. The highest BCUT2D eigenvalue weighted by Gasteiger charge is 2.29. The molecule has 1 aromatic heterocycles. The van der Waals surface area contributed by atoms with Crippen LogP contribution in [-0.4, -0.2) is 70.3 Å². The van der Waals surface area contributed by atoms with E-state index in [9.17, 15) is 14.4 Å². The van der Waals surface area contributed by atoms with E-state index in [1.165, 1.54) is 0 Å². The minimum Gasteiger partial charge on any atom is -0.450 e. The molecule has 0 bridgehead atoms. The van der Waals surface area contributed by atoms with Gasteiger partial charge in [-0.15, -0.1) is 0 Å². The lowest BCUT2D eigenvalue weighted by Crippen LogP contribution is -2.52. The molecule has 1 aliphatic heterocycles. The highest BCUT2D eigenvalue weighted by Crippen LogP contribution is 2.20. The number of anilines is 1. The van der Waals surface area contributed by atoms with Gasteiger partial charge in [-0.3, -0.25) is 14.3 Å². The number of carbonyl (C=O) groups is 3. The molecule has 166 valence electrons. The van der Waals surface area contributed by atoms with E-state index in [0.717, 1.165) is 3.57 Å². The smallest absolute Gasteiger partial charge is 0.409 e. The Morgan fingerprint density at radius 2 is 1.81 bits per heavy atom. The number of amides is 3. The van der Waals surface area contributed by atoms with E-state index in [-0.39, 0.29) is 17.9 Å². The summed E-state index contributed by atoms with van der Waals surface area (Å²) in [6, 6.07) is 6.79. The van der Waals surface area contributed by atoms with Crippen molar-refractivity contribution in [2.75, 3.05) is 38.1 Å². The average Bonchev–Trinajstić information content (AvgIpc) is 3.13. The zero-order valence-corrected chi connectivity index (χ0v) is 20.0. The Labute approximate surface area is 194 Å². The molecule has 3 rings (SSSR count). The predicted molar refractivity (Wildman–Crippen MR) is 124 cm³/mol. The quantitative estimate of drug-likeness (QED) is 0.590. The van der Waals surface area contributed by atoms with Crippen molar-refractivity contribution >= 4 is 46.2 Å². The summed E-state index contributed by atoms with van der Waals surface area (Å²) in [4.78, 5) is 40.7. The van der Waals surface area contributed by atoms with Gasteiger partial charge in [0.15, 0.2) is 0 Å². The highest BCUT2D eigenvalue weighted by molar-refractivity contribution is 14.1. The molecule has 31 heavy (non-hydrogen) atoms. The maximum absolute atomic E-state index is 13.0. The van der Waals surface area contributed by atoms with Crippen LogP contribution in [0.4, 0.5) is 10.5 Å². The van der Waals surface area contributed by atoms with Gasteiger partial charge in [0.1, 0.15) is 6.04 Å². The fraction of sp³-hybridized carbons (Fsp3) is 0.429. The first kappa shape index (κ1) is 23.0. The Morgan fingerprint density at radius 1 is 1.16 bits per heavy atom. The molecular formula is C21H26IN5O4. The maximum atomic E-state index is 13.0. The van der Waals surface area contributed by atoms with Gasteiger partial charge in [-0.25, -0.2) is 4.79 Å². The lowest BCUT2D eigenvalue weighted by atomic mass is 10.2. The van der Waals surface area contributed by atoms with Crippen LogP contribution < -0.4 is 5.32 Å². The first-order valence-corrected chi connectivity index (χ1v) is 11.2. The van der Waals surface area contributed by atoms with Crippen LogP contribution in [0.15, 0.2) is 30.5 Å². The molecule has 1 aromatic carbocycles. The third kappa shape index (κ3) is 5.35. The number of aryl methyl sites for hydroxylation is 1. The van der Waals surface area contributed by atoms with Gasteiger partial charge in [0.05, 0.1) is 23.6 Å². The van der Waals surface area contributed by atoms with Gasteiger partial charge in [0, 0.05) is 35.9 Å². The minimum absolute atomic E-state index is 0.0820. The number of halogens is 1. The molecule has 0 spiro atoms. The summed E-state index contributed by atoms with van der Waals surface area (Å²) < 4.78 is 7.44. The number of ether oxygens (including phenoxy) is 1. The van der Waals surface area contributed by atoms with Crippen molar-refractivity contribution in [1.29, 1.82) is 0 Å². The van der Waals surface area contributed by atoms with Crippen molar-refractivity contribution in [2.45, 2.75) is 26.8 Å². The monoisotopic (exact) mass is 539 g/mol. The van der Waals surface area contributed by atoms with Crippen LogP contribution in [0.1, 0.15) is 35.9 Å². The van der Waals surface area contributed by atoms with Gasteiger partial charge < -0.3 is 19.9 Å². The summed E-state index contributed by atoms with van der Waals surface area (Å²) in [5.74, 6) is -0.303. The lowest BCUT2D eigenvalue weighted by Gasteiger charge is -2.35. The van der Waals surface area contributed by atoms with Crippen molar-refractivity contribution in [3.8, 4) is 0 Å². The van der Waals surface area contributed by atoms with Gasteiger partial charge in [0.25, 0.3) is 5.91 Å². The summed E-state index contributed by atoms with van der Waals surface area (Å²) >= 11 is 2.12. The standard InChI is InChI=1S/C21H26IN5O4/c1-4-31-21(30)26-11-9-25(10-12-26)20(29)15(3)27-13-18(14(2)24-27)23-19(28)16-7-5-6-8-17(16)22/h5-8,13,15H,4,9-12H2,1-3H3,(H,23,28). The largest absolute Gasteiger partial charge is 0.450 e. The van der Waals surface area contributed by atoms with E-state index in [1.807, 2.05) is 18.2 Å². The third-order valence-electron chi connectivity index (χ3n) is 5.15. The van der Waals surface area contributed by atoms with Crippen molar-refractivity contribution in [3.05, 3.63) is 45.3 Å². The second-order valence-electron chi connectivity index (χ2n) is 7.23. The summed E-state index contributed by atoms with van der Waals surface area (Å²) in [5, 5.41) is 7.31. The Kier molecular flexibility index (Phi) is 7.52. The topological polar surface area (TPSA) is 96.8 Å². The number of carbonyl (C=O) groups excluding carboxylic acids is 3. The summed E-state index contributed by atoms with van der Waals surface area (Å²) in [5.41, 5.74) is 1.78.